The summed E-state index contributed by atoms with van der Waals surface area (Å²) in [5, 5.41) is 2.68. The number of aromatic nitrogens is 2. The van der Waals surface area contributed by atoms with E-state index in [0.717, 1.165) is 16.0 Å². The molecule has 1 aromatic carbocycles. The van der Waals surface area contributed by atoms with Gasteiger partial charge in [0.25, 0.3) is 5.56 Å². The molecule has 0 aliphatic rings. The van der Waals surface area contributed by atoms with Crippen LogP contribution in [-0.4, -0.2) is 9.97 Å². The highest BCUT2D eigenvalue weighted by molar-refractivity contribution is 7.71. The van der Waals surface area contributed by atoms with E-state index in [1.54, 1.807) is 0 Å². The third-order valence-electron chi connectivity index (χ3n) is 3.29. The quantitative estimate of drug-likeness (QED) is 0.666. The number of aryl methyl sites for hydroxylation is 2. The number of benzene rings is 1. The summed E-state index contributed by atoms with van der Waals surface area (Å²) in [4.78, 5) is 18.6. The van der Waals surface area contributed by atoms with Crippen LogP contribution >= 0.6 is 23.6 Å². The number of hydrogen-bond acceptors (Lipinski definition) is 3. The highest BCUT2D eigenvalue weighted by atomic mass is 32.1. The molecule has 3 aromatic rings. The Bertz CT molecular complexity index is 886. The van der Waals surface area contributed by atoms with Crippen LogP contribution in [0.15, 0.2) is 28.4 Å². The first-order chi connectivity index (χ1) is 9.06. The molecule has 0 spiro atoms. The Hall–Kier alpha value is -1.72. The Balaban J connectivity index is 2.34. The number of H-pyrrole nitrogens is 2. The summed E-state index contributed by atoms with van der Waals surface area (Å²) < 4.78 is 0.367. The number of nitrogens with one attached hydrogen (secondary N) is 2. The fourth-order valence-corrected chi connectivity index (χ4v) is 3.33. The molecule has 2 aromatic heterocycles. The summed E-state index contributed by atoms with van der Waals surface area (Å²) in [6.07, 6.45) is 0. The fraction of sp³-hybridized carbons (Fsp3) is 0.143. The van der Waals surface area contributed by atoms with Gasteiger partial charge in [0.15, 0.2) is 4.77 Å². The number of hydrogen-bond donors (Lipinski definition) is 2. The molecule has 3 rings (SSSR count). The van der Waals surface area contributed by atoms with Crippen LogP contribution in [0.3, 0.4) is 0 Å². The summed E-state index contributed by atoms with van der Waals surface area (Å²) in [5.41, 5.74) is 4.35. The first-order valence-electron chi connectivity index (χ1n) is 5.87. The van der Waals surface area contributed by atoms with E-state index in [4.69, 9.17) is 12.2 Å². The summed E-state index contributed by atoms with van der Waals surface area (Å²) in [7, 11) is 0. The Labute approximate surface area is 119 Å². The maximum absolute atomic E-state index is 12.1. The number of thiophene rings is 1. The zero-order chi connectivity index (χ0) is 13.6. The van der Waals surface area contributed by atoms with E-state index in [1.165, 1.54) is 22.5 Å². The van der Waals surface area contributed by atoms with Gasteiger partial charge in [0.05, 0.1) is 5.39 Å². The molecule has 0 fully saturated rings. The fourth-order valence-electron chi connectivity index (χ4n) is 2.10. The molecule has 96 valence electrons. The number of fused-ring (bicyclic) bond motifs is 1. The van der Waals surface area contributed by atoms with Crippen LogP contribution in [0.5, 0.6) is 0 Å². The second kappa shape index (κ2) is 4.43. The number of aromatic amines is 2. The molecule has 0 aliphatic carbocycles. The zero-order valence-electron chi connectivity index (χ0n) is 10.5. The molecule has 2 N–H and O–H groups in total. The van der Waals surface area contributed by atoms with Crippen LogP contribution in [0.1, 0.15) is 11.1 Å². The van der Waals surface area contributed by atoms with Crippen molar-refractivity contribution < 1.29 is 0 Å². The molecule has 5 heteroatoms. The summed E-state index contributed by atoms with van der Waals surface area (Å²) in [5.74, 6) is 0. The van der Waals surface area contributed by atoms with Crippen molar-refractivity contribution in [3.63, 3.8) is 0 Å². The first kappa shape index (κ1) is 12.3. The van der Waals surface area contributed by atoms with Gasteiger partial charge in [0.1, 0.15) is 4.83 Å². The van der Waals surface area contributed by atoms with Crippen molar-refractivity contribution >= 4 is 33.8 Å². The highest BCUT2D eigenvalue weighted by Crippen LogP contribution is 2.31. The lowest BCUT2D eigenvalue weighted by atomic mass is 10.0. The Morgan fingerprint density at radius 1 is 1.16 bits per heavy atom. The number of rotatable bonds is 1. The van der Waals surface area contributed by atoms with E-state index in [9.17, 15) is 4.79 Å². The molecule has 0 atom stereocenters. The summed E-state index contributed by atoms with van der Waals surface area (Å²) in [6.45, 7) is 4.15. The highest BCUT2D eigenvalue weighted by Gasteiger charge is 2.11. The predicted octanol–water partition coefficient (Wildman–Crippen LogP) is 3.93. The molecule has 3 nitrogen and oxygen atoms in total. The van der Waals surface area contributed by atoms with Gasteiger partial charge in [-0.1, -0.05) is 18.2 Å². The third kappa shape index (κ3) is 2.05. The smallest absolute Gasteiger partial charge is 0.261 e. The van der Waals surface area contributed by atoms with Gasteiger partial charge < -0.3 is 4.98 Å². The molecule has 0 bridgehead atoms. The zero-order valence-corrected chi connectivity index (χ0v) is 12.2. The molecule has 0 saturated heterocycles. The van der Waals surface area contributed by atoms with Crippen molar-refractivity contribution in [2.75, 3.05) is 0 Å². The molecule has 0 unspecified atom stereocenters. The lowest BCUT2D eigenvalue weighted by Crippen LogP contribution is -2.06. The van der Waals surface area contributed by atoms with Gasteiger partial charge in [-0.05, 0) is 42.8 Å². The van der Waals surface area contributed by atoms with Gasteiger partial charge in [0, 0.05) is 10.9 Å². The Morgan fingerprint density at radius 2 is 1.95 bits per heavy atom. The van der Waals surface area contributed by atoms with Gasteiger partial charge in [-0.25, -0.2) is 0 Å². The molecule has 2 heterocycles. The lowest BCUT2D eigenvalue weighted by Gasteiger charge is -2.04. The molecule has 0 saturated carbocycles. The van der Waals surface area contributed by atoms with E-state index in [2.05, 4.69) is 35.9 Å². The molecular weight excluding hydrogens is 276 g/mol. The molecule has 0 aliphatic heterocycles. The van der Waals surface area contributed by atoms with Crippen molar-refractivity contribution in [2.45, 2.75) is 13.8 Å². The monoisotopic (exact) mass is 288 g/mol. The third-order valence-corrected chi connectivity index (χ3v) is 4.39. The van der Waals surface area contributed by atoms with Crippen molar-refractivity contribution in [1.29, 1.82) is 0 Å². The van der Waals surface area contributed by atoms with E-state index >= 15 is 0 Å². The van der Waals surface area contributed by atoms with Crippen LogP contribution in [0, 0.1) is 18.6 Å². The minimum atomic E-state index is -0.131. The minimum absolute atomic E-state index is 0.131. The van der Waals surface area contributed by atoms with Gasteiger partial charge >= 0.3 is 0 Å². The van der Waals surface area contributed by atoms with Crippen LogP contribution in [0.4, 0.5) is 0 Å². The Morgan fingerprint density at radius 3 is 2.68 bits per heavy atom. The van der Waals surface area contributed by atoms with Crippen molar-refractivity contribution in [3.05, 3.63) is 49.8 Å². The molecular formula is C14H12N2OS2. The van der Waals surface area contributed by atoms with Gasteiger partial charge in [-0.3, -0.25) is 9.78 Å². The van der Waals surface area contributed by atoms with E-state index < -0.39 is 0 Å². The second-order valence-corrected chi connectivity index (χ2v) is 5.85. The SMILES string of the molecule is Cc1ccc(-c2csc3[nH]c(=S)[nH]c(=O)c23)cc1C. The van der Waals surface area contributed by atoms with Crippen LogP contribution in [0.25, 0.3) is 21.3 Å². The predicted molar refractivity (Wildman–Crippen MR) is 82.5 cm³/mol. The molecule has 0 radical (unpaired) electrons. The topological polar surface area (TPSA) is 48.6 Å². The minimum Gasteiger partial charge on any atom is -0.323 e. The second-order valence-electron chi connectivity index (χ2n) is 4.56. The van der Waals surface area contributed by atoms with Gasteiger partial charge in [-0.2, -0.15) is 0 Å². The van der Waals surface area contributed by atoms with Crippen LogP contribution in [-0.2, 0) is 0 Å². The molecule has 19 heavy (non-hydrogen) atoms. The maximum atomic E-state index is 12.1. The van der Waals surface area contributed by atoms with Crippen molar-refractivity contribution in [3.8, 4) is 11.1 Å². The lowest BCUT2D eigenvalue weighted by molar-refractivity contribution is 1.15. The summed E-state index contributed by atoms with van der Waals surface area (Å²) in [6, 6.07) is 6.23. The van der Waals surface area contributed by atoms with E-state index in [1.807, 2.05) is 11.4 Å². The average molecular weight is 288 g/mol. The average Bonchev–Trinajstić information content (AvgIpc) is 2.76. The normalized spacial score (nSPS) is 11.1. The maximum Gasteiger partial charge on any atom is 0.261 e. The van der Waals surface area contributed by atoms with Crippen molar-refractivity contribution in [2.24, 2.45) is 0 Å². The van der Waals surface area contributed by atoms with Gasteiger partial charge in [0.2, 0.25) is 0 Å². The van der Waals surface area contributed by atoms with E-state index in [0.29, 0.717) is 10.2 Å². The van der Waals surface area contributed by atoms with Crippen molar-refractivity contribution in [1.82, 2.24) is 9.97 Å². The first-order valence-corrected chi connectivity index (χ1v) is 7.16. The van der Waals surface area contributed by atoms with Gasteiger partial charge in [-0.15, -0.1) is 11.3 Å². The van der Waals surface area contributed by atoms with Crippen LogP contribution in [0.2, 0.25) is 0 Å². The Kier molecular flexibility index (Phi) is 2.88. The largest absolute Gasteiger partial charge is 0.323 e. The van der Waals surface area contributed by atoms with E-state index in [-0.39, 0.29) is 5.56 Å². The summed E-state index contributed by atoms with van der Waals surface area (Å²) >= 11 is 6.49. The standard InChI is InChI=1S/C14H12N2OS2/c1-7-3-4-9(5-8(7)2)10-6-19-13-11(10)12(17)15-14(18)16-13/h3-6H,1-2H3,(H2,15,16,17,18). The van der Waals surface area contributed by atoms with Crippen LogP contribution < -0.4 is 5.56 Å². The molecule has 0 amide bonds.